The number of amides is 1. The van der Waals surface area contributed by atoms with Crippen LogP contribution in [0, 0.1) is 5.82 Å². The van der Waals surface area contributed by atoms with Crippen molar-refractivity contribution >= 4 is 29.3 Å². The summed E-state index contributed by atoms with van der Waals surface area (Å²) in [6.07, 6.45) is 2.04. The molecule has 0 saturated heterocycles. The molecule has 0 bridgehead atoms. The molecule has 0 fully saturated rings. The summed E-state index contributed by atoms with van der Waals surface area (Å²) < 4.78 is 13.4. The molecule has 2 nitrogen and oxygen atoms in total. The van der Waals surface area contributed by atoms with Crippen LogP contribution in [0.1, 0.15) is 25.3 Å². The molecule has 1 amide bonds. The van der Waals surface area contributed by atoms with Crippen molar-refractivity contribution in [3.05, 3.63) is 34.6 Å². The van der Waals surface area contributed by atoms with E-state index in [0.29, 0.717) is 28.6 Å². The number of carbonyl (C=O) groups is 1. The predicted octanol–water partition coefficient (Wildman–Crippen LogP) is 3.63. The Labute approximate surface area is 116 Å². The topological polar surface area (TPSA) is 29.1 Å². The molecule has 0 unspecified atom stereocenters. The Kier molecular flexibility index (Phi) is 7.13. The molecule has 1 N–H and O–H groups in total. The zero-order valence-electron chi connectivity index (χ0n) is 10.3. The number of rotatable bonds is 7. The largest absolute Gasteiger partial charge is 0.355 e. The van der Waals surface area contributed by atoms with Crippen LogP contribution >= 0.6 is 23.4 Å². The molecule has 1 rings (SSSR count). The average molecular weight is 290 g/mol. The highest BCUT2D eigenvalue weighted by atomic mass is 35.5. The van der Waals surface area contributed by atoms with Crippen molar-refractivity contribution in [1.82, 2.24) is 5.32 Å². The Morgan fingerprint density at radius 3 is 2.94 bits per heavy atom. The molecular formula is C13H17ClFNOS. The average Bonchev–Trinajstić information content (AvgIpc) is 2.33. The van der Waals surface area contributed by atoms with E-state index >= 15 is 0 Å². The molecule has 1 aromatic carbocycles. The van der Waals surface area contributed by atoms with Gasteiger partial charge in [-0.1, -0.05) is 31.0 Å². The predicted molar refractivity (Wildman–Crippen MR) is 75.5 cm³/mol. The second-order valence-electron chi connectivity index (χ2n) is 3.90. The molecule has 0 heterocycles. The second kappa shape index (κ2) is 8.38. The fourth-order valence-electron chi connectivity index (χ4n) is 1.37. The fourth-order valence-corrected chi connectivity index (χ4v) is 2.57. The molecule has 0 spiro atoms. The highest BCUT2D eigenvalue weighted by Gasteiger charge is 2.08. The Morgan fingerprint density at radius 1 is 1.50 bits per heavy atom. The maximum Gasteiger partial charge on any atom is 0.230 e. The van der Waals surface area contributed by atoms with Gasteiger partial charge in [0.2, 0.25) is 5.91 Å². The van der Waals surface area contributed by atoms with E-state index in [1.807, 2.05) is 0 Å². The molecule has 100 valence electrons. The van der Waals surface area contributed by atoms with Gasteiger partial charge in [-0.2, -0.15) is 0 Å². The van der Waals surface area contributed by atoms with Gasteiger partial charge < -0.3 is 5.32 Å². The first-order valence-electron chi connectivity index (χ1n) is 5.92. The highest BCUT2D eigenvalue weighted by Crippen LogP contribution is 2.23. The summed E-state index contributed by atoms with van der Waals surface area (Å²) in [4.78, 5) is 11.4. The Morgan fingerprint density at radius 2 is 2.28 bits per heavy atom. The number of carbonyl (C=O) groups excluding carboxylic acids is 1. The van der Waals surface area contributed by atoms with Crippen LogP contribution in [-0.2, 0) is 10.5 Å². The van der Waals surface area contributed by atoms with Crippen LogP contribution in [0.3, 0.4) is 0 Å². The van der Waals surface area contributed by atoms with Crippen molar-refractivity contribution in [1.29, 1.82) is 0 Å². The van der Waals surface area contributed by atoms with Gasteiger partial charge in [0.05, 0.1) is 5.75 Å². The lowest BCUT2D eigenvalue weighted by Gasteiger charge is -2.06. The number of nitrogens with one attached hydrogen (secondary N) is 1. The third-order valence-corrected chi connectivity index (χ3v) is 3.71. The van der Waals surface area contributed by atoms with E-state index in [-0.39, 0.29) is 11.7 Å². The third-order valence-electron chi connectivity index (χ3n) is 2.39. The zero-order valence-corrected chi connectivity index (χ0v) is 11.9. The standard InChI is InChI=1S/C13H17ClFNOS/c1-2-3-7-16-13(17)9-18-8-10-11(14)5-4-6-12(10)15/h4-6H,2-3,7-9H2,1H3,(H,16,17). The van der Waals surface area contributed by atoms with Crippen LogP contribution in [0.2, 0.25) is 5.02 Å². The molecule has 0 saturated carbocycles. The summed E-state index contributed by atoms with van der Waals surface area (Å²) in [7, 11) is 0. The number of thioether (sulfide) groups is 1. The molecule has 0 radical (unpaired) electrons. The van der Waals surface area contributed by atoms with Crippen molar-refractivity contribution in [2.75, 3.05) is 12.3 Å². The Balaban J connectivity index is 2.31. The molecule has 0 aliphatic heterocycles. The van der Waals surface area contributed by atoms with E-state index in [0.717, 1.165) is 12.8 Å². The number of unbranched alkanes of at least 4 members (excludes halogenated alkanes) is 1. The van der Waals surface area contributed by atoms with Gasteiger partial charge in [-0.3, -0.25) is 4.79 Å². The van der Waals surface area contributed by atoms with Crippen molar-refractivity contribution < 1.29 is 9.18 Å². The van der Waals surface area contributed by atoms with E-state index in [2.05, 4.69) is 12.2 Å². The summed E-state index contributed by atoms with van der Waals surface area (Å²) in [5, 5.41) is 3.22. The van der Waals surface area contributed by atoms with E-state index < -0.39 is 0 Å². The minimum absolute atomic E-state index is 0.0130. The van der Waals surface area contributed by atoms with Gasteiger partial charge in [-0.15, -0.1) is 11.8 Å². The van der Waals surface area contributed by atoms with E-state index in [4.69, 9.17) is 11.6 Å². The maximum atomic E-state index is 13.4. The van der Waals surface area contributed by atoms with Crippen LogP contribution in [0.4, 0.5) is 4.39 Å². The number of hydrogen-bond donors (Lipinski definition) is 1. The van der Waals surface area contributed by atoms with Crippen LogP contribution in [0.25, 0.3) is 0 Å². The molecular weight excluding hydrogens is 273 g/mol. The van der Waals surface area contributed by atoms with E-state index in [1.165, 1.54) is 17.8 Å². The van der Waals surface area contributed by atoms with E-state index in [1.54, 1.807) is 12.1 Å². The van der Waals surface area contributed by atoms with Gasteiger partial charge in [0, 0.05) is 22.9 Å². The first kappa shape index (κ1) is 15.3. The molecule has 1 aromatic rings. The summed E-state index contributed by atoms with van der Waals surface area (Å²) in [6.45, 7) is 2.78. The molecule has 0 aliphatic carbocycles. The Bertz CT molecular complexity index is 380. The quantitative estimate of drug-likeness (QED) is 0.777. The lowest BCUT2D eigenvalue weighted by molar-refractivity contribution is -0.118. The summed E-state index contributed by atoms with van der Waals surface area (Å²) in [5.41, 5.74) is 0.463. The number of benzene rings is 1. The van der Waals surface area contributed by atoms with Gasteiger partial charge in [-0.05, 0) is 18.6 Å². The molecule has 18 heavy (non-hydrogen) atoms. The summed E-state index contributed by atoms with van der Waals surface area (Å²) in [6, 6.07) is 4.61. The molecule has 0 aromatic heterocycles. The summed E-state index contributed by atoms with van der Waals surface area (Å²) in [5.74, 6) is 0.406. The van der Waals surface area contributed by atoms with Crippen LogP contribution in [-0.4, -0.2) is 18.2 Å². The minimum Gasteiger partial charge on any atom is -0.355 e. The second-order valence-corrected chi connectivity index (χ2v) is 5.29. The highest BCUT2D eigenvalue weighted by molar-refractivity contribution is 7.99. The third kappa shape index (κ3) is 5.27. The minimum atomic E-state index is -0.318. The van der Waals surface area contributed by atoms with Gasteiger partial charge in [-0.25, -0.2) is 4.39 Å². The van der Waals surface area contributed by atoms with Gasteiger partial charge in [0.1, 0.15) is 5.82 Å². The van der Waals surface area contributed by atoms with E-state index in [9.17, 15) is 9.18 Å². The first-order chi connectivity index (χ1) is 8.65. The SMILES string of the molecule is CCCCNC(=O)CSCc1c(F)cccc1Cl. The molecule has 0 atom stereocenters. The summed E-state index contributed by atoms with van der Waals surface area (Å²) >= 11 is 7.26. The van der Waals surface area contributed by atoms with Gasteiger partial charge in [0.25, 0.3) is 0 Å². The Hall–Kier alpha value is -0.740. The first-order valence-corrected chi connectivity index (χ1v) is 7.45. The fraction of sp³-hybridized carbons (Fsp3) is 0.462. The van der Waals surface area contributed by atoms with Gasteiger partial charge >= 0.3 is 0 Å². The molecule has 0 aliphatic rings. The van der Waals surface area contributed by atoms with Crippen molar-refractivity contribution in [3.8, 4) is 0 Å². The molecule has 5 heteroatoms. The maximum absolute atomic E-state index is 13.4. The lowest BCUT2D eigenvalue weighted by atomic mass is 10.2. The number of hydrogen-bond acceptors (Lipinski definition) is 2. The van der Waals surface area contributed by atoms with Crippen LogP contribution in [0.5, 0.6) is 0 Å². The number of halogens is 2. The monoisotopic (exact) mass is 289 g/mol. The van der Waals surface area contributed by atoms with Crippen molar-refractivity contribution in [2.45, 2.75) is 25.5 Å². The van der Waals surface area contributed by atoms with Gasteiger partial charge in [0.15, 0.2) is 0 Å². The van der Waals surface area contributed by atoms with Crippen LogP contribution < -0.4 is 5.32 Å². The lowest BCUT2D eigenvalue weighted by Crippen LogP contribution is -2.26. The smallest absolute Gasteiger partial charge is 0.230 e. The zero-order chi connectivity index (χ0) is 13.4. The van der Waals surface area contributed by atoms with Crippen LogP contribution in [0.15, 0.2) is 18.2 Å². The van der Waals surface area contributed by atoms with Crippen molar-refractivity contribution in [3.63, 3.8) is 0 Å². The normalized spacial score (nSPS) is 10.4. The van der Waals surface area contributed by atoms with Crippen molar-refractivity contribution in [2.24, 2.45) is 0 Å².